The lowest BCUT2D eigenvalue weighted by Gasteiger charge is -2.35. The maximum Gasteiger partial charge on any atom is 0.303 e. The highest BCUT2D eigenvalue weighted by atomic mass is 16.6. The van der Waals surface area contributed by atoms with Crippen molar-refractivity contribution >= 4 is 17.7 Å². The minimum atomic E-state index is -0.622. The maximum absolute atomic E-state index is 12.3. The Kier molecular flexibility index (Phi) is 11.0. The molecule has 0 saturated carbocycles. The highest BCUT2D eigenvalue weighted by Gasteiger charge is 2.39. The molecule has 0 bridgehead atoms. The molecule has 0 spiro atoms. The van der Waals surface area contributed by atoms with Crippen molar-refractivity contribution in [2.75, 3.05) is 13.2 Å². The number of carbonyl (C=O) groups excluding carboxylic acids is 3. The molecule has 6 heteroatoms. The number of hydrogen-bond acceptors (Lipinski definition) is 6. The number of carbonyl (C=O) groups is 3. The van der Waals surface area contributed by atoms with Crippen LogP contribution in [-0.2, 0) is 28.6 Å². The third-order valence-electron chi connectivity index (χ3n) is 5.62. The van der Waals surface area contributed by atoms with Crippen LogP contribution in [0.1, 0.15) is 79.6 Å². The third kappa shape index (κ3) is 9.70. The van der Waals surface area contributed by atoms with Gasteiger partial charge in [0.05, 0.1) is 6.61 Å². The fourth-order valence-corrected chi connectivity index (χ4v) is 3.60. The number of allylic oxidation sites excluding steroid dienone is 1. The summed E-state index contributed by atoms with van der Waals surface area (Å²) < 4.78 is 16.8. The molecule has 170 valence electrons. The van der Waals surface area contributed by atoms with Crippen molar-refractivity contribution < 1.29 is 28.6 Å². The molecule has 6 nitrogen and oxygen atoms in total. The van der Waals surface area contributed by atoms with E-state index < -0.39 is 5.60 Å². The lowest BCUT2D eigenvalue weighted by Crippen LogP contribution is -2.43. The van der Waals surface area contributed by atoms with Crippen molar-refractivity contribution in [2.45, 2.75) is 91.3 Å². The number of Topliss-reactive ketones (excluding diaryl/α,β-unsaturated/α-hetero) is 1. The summed E-state index contributed by atoms with van der Waals surface area (Å²) in [7, 11) is 0. The van der Waals surface area contributed by atoms with E-state index in [0.717, 1.165) is 30.4 Å². The van der Waals surface area contributed by atoms with E-state index in [1.54, 1.807) is 0 Å². The van der Waals surface area contributed by atoms with Gasteiger partial charge in [0.15, 0.2) is 0 Å². The van der Waals surface area contributed by atoms with Gasteiger partial charge in [-0.15, -0.1) is 6.58 Å². The van der Waals surface area contributed by atoms with Gasteiger partial charge in [-0.1, -0.05) is 12.5 Å². The Morgan fingerprint density at radius 1 is 1.23 bits per heavy atom. The molecule has 30 heavy (non-hydrogen) atoms. The largest absolute Gasteiger partial charge is 0.462 e. The average Bonchev–Trinajstić information content (AvgIpc) is 2.79. The molecule has 0 aliphatic carbocycles. The van der Waals surface area contributed by atoms with E-state index in [1.807, 2.05) is 26.8 Å². The Hall–Kier alpha value is -1.95. The van der Waals surface area contributed by atoms with Crippen LogP contribution < -0.4 is 0 Å². The highest BCUT2D eigenvalue weighted by Crippen LogP contribution is 2.34. The van der Waals surface area contributed by atoms with E-state index in [2.05, 4.69) is 6.58 Å². The average molecular weight is 423 g/mol. The molecule has 0 aromatic rings. The van der Waals surface area contributed by atoms with E-state index in [0.29, 0.717) is 32.3 Å². The molecule has 0 N–H and O–H groups in total. The van der Waals surface area contributed by atoms with Gasteiger partial charge in [0.2, 0.25) is 0 Å². The van der Waals surface area contributed by atoms with Crippen LogP contribution in [0.4, 0.5) is 0 Å². The van der Waals surface area contributed by atoms with E-state index >= 15 is 0 Å². The normalized spacial score (nSPS) is 24.0. The fourth-order valence-electron chi connectivity index (χ4n) is 3.60. The standard InChI is InChI=1S/C24H38O6/c1-17(2)9-11-22(27)18(3)8-7-14-24(6)23(30-20(5)26)12-10-21(16-29-24)13-15-28-19(4)25/h13,18,23H,1,7-12,14-16H2,2-6H3/b21-13+/t18?,23-,24?/m1/s1. The van der Waals surface area contributed by atoms with Crippen LogP contribution in [0.15, 0.2) is 23.8 Å². The van der Waals surface area contributed by atoms with Crippen LogP contribution >= 0.6 is 0 Å². The van der Waals surface area contributed by atoms with Gasteiger partial charge in [-0.25, -0.2) is 0 Å². The van der Waals surface area contributed by atoms with Gasteiger partial charge in [0.25, 0.3) is 0 Å². The molecule has 1 aliphatic rings. The molecule has 0 amide bonds. The molecule has 1 aliphatic heterocycles. The molecular weight excluding hydrogens is 384 g/mol. The van der Waals surface area contributed by atoms with Gasteiger partial charge in [0.1, 0.15) is 24.1 Å². The zero-order valence-corrected chi connectivity index (χ0v) is 19.3. The van der Waals surface area contributed by atoms with Crippen LogP contribution in [0.2, 0.25) is 0 Å². The molecule has 0 aromatic heterocycles. The van der Waals surface area contributed by atoms with E-state index in [1.165, 1.54) is 13.8 Å². The van der Waals surface area contributed by atoms with Crippen LogP contribution in [0.3, 0.4) is 0 Å². The molecule has 1 heterocycles. The molecule has 1 rings (SSSR count). The fraction of sp³-hybridized carbons (Fsp3) is 0.708. The first kappa shape index (κ1) is 26.1. The number of ether oxygens (including phenoxy) is 3. The second kappa shape index (κ2) is 12.7. The van der Waals surface area contributed by atoms with Gasteiger partial charge in [-0.2, -0.15) is 0 Å². The summed E-state index contributed by atoms with van der Waals surface area (Å²) >= 11 is 0. The first-order valence-electron chi connectivity index (χ1n) is 10.8. The molecule has 0 aromatic carbocycles. The van der Waals surface area contributed by atoms with Crippen LogP contribution in [-0.4, -0.2) is 42.6 Å². The third-order valence-corrected chi connectivity index (χ3v) is 5.62. The van der Waals surface area contributed by atoms with Gasteiger partial charge in [0, 0.05) is 26.2 Å². The Morgan fingerprint density at radius 2 is 1.93 bits per heavy atom. The Balaban J connectivity index is 2.69. The summed E-state index contributed by atoms with van der Waals surface area (Å²) in [5, 5.41) is 0. The summed E-state index contributed by atoms with van der Waals surface area (Å²) in [6.45, 7) is 13.1. The second-order valence-corrected chi connectivity index (χ2v) is 8.62. The smallest absolute Gasteiger partial charge is 0.303 e. The van der Waals surface area contributed by atoms with Gasteiger partial charge >= 0.3 is 11.9 Å². The minimum Gasteiger partial charge on any atom is -0.462 e. The Labute approximate surface area is 181 Å². The van der Waals surface area contributed by atoms with Crippen molar-refractivity contribution in [3.63, 3.8) is 0 Å². The predicted octanol–water partition coefficient (Wildman–Crippen LogP) is 4.71. The number of esters is 2. The van der Waals surface area contributed by atoms with E-state index in [-0.39, 0.29) is 36.4 Å². The van der Waals surface area contributed by atoms with Crippen molar-refractivity contribution in [3.8, 4) is 0 Å². The topological polar surface area (TPSA) is 78.9 Å². The zero-order chi connectivity index (χ0) is 22.7. The molecule has 2 unspecified atom stereocenters. The second-order valence-electron chi connectivity index (χ2n) is 8.62. The SMILES string of the molecule is C=C(C)CCC(=O)C(C)CCCC1(C)OC/C(=C/COC(C)=O)CC[C@H]1OC(C)=O. The molecule has 3 atom stereocenters. The van der Waals surface area contributed by atoms with Gasteiger partial charge in [-0.3, -0.25) is 14.4 Å². The first-order valence-corrected chi connectivity index (χ1v) is 10.8. The molecule has 1 saturated heterocycles. The van der Waals surface area contributed by atoms with Gasteiger partial charge < -0.3 is 14.2 Å². The Bertz CT molecular complexity index is 650. The number of hydrogen-bond donors (Lipinski definition) is 0. The van der Waals surface area contributed by atoms with Crippen LogP contribution in [0.25, 0.3) is 0 Å². The van der Waals surface area contributed by atoms with Crippen molar-refractivity contribution in [2.24, 2.45) is 5.92 Å². The molecular formula is C24H38O6. The maximum atomic E-state index is 12.3. The number of rotatable bonds is 11. The summed E-state index contributed by atoms with van der Waals surface area (Å²) in [5.74, 6) is -0.399. The van der Waals surface area contributed by atoms with Crippen molar-refractivity contribution in [1.29, 1.82) is 0 Å². The van der Waals surface area contributed by atoms with Crippen LogP contribution in [0.5, 0.6) is 0 Å². The van der Waals surface area contributed by atoms with Gasteiger partial charge in [-0.05, 0) is 64.0 Å². The van der Waals surface area contributed by atoms with E-state index in [9.17, 15) is 14.4 Å². The van der Waals surface area contributed by atoms with E-state index in [4.69, 9.17) is 14.2 Å². The highest BCUT2D eigenvalue weighted by molar-refractivity contribution is 5.80. The monoisotopic (exact) mass is 422 g/mol. The lowest BCUT2D eigenvalue weighted by atomic mass is 9.87. The van der Waals surface area contributed by atoms with Crippen molar-refractivity contribution in [1.82, 2.24) is 0 Å². The summed E-state index contributed by atoms with van der Waals surface area (Å²) in [6, 6.07) is 0. The first-order chi connectivity index (χ1) is 14.0. The van der Waals surface area contributed by atoms with Crippen LogP contribution in [0, 0.1) is 5.92 Å². The number of ketones is 1. The van der Waals surface area contributed by atoms with Crippen molar-refractivity contribution in [3.05, 3.63) is 23.8 Å². The summed E-state index contributed by atoms with van der Waals surface area (Å²) in [4.78, 5) is 34.9. The molecule has 1 fully saturated rings. The Morgan fingerprint density at radius 3 is 2.53 bits per heavy atom. The summed E-state index contributed by atoms with van der Waals surface area (Å²) in [5.41, 5.74) is 1.43. The predicted molar refractivity (Wildman–Crippen MR) is 116 cm³/mol. The zero-order valence-electron chi connectivity index (χ0n) is 19.3. The lowest BCUT2D eigenvalue weighted by molar-refractivity contribution is -0.167. The quantitative estimate of drug-likeness (QED) is 0.354. The summed E-state index contributed by atoms with van der Waals surface area (Å²) in [6.07, 6.45) is 6.42. The minimum absolute atomic E-state index is 0.00918. The molecule has 0 radical (unpaired) electrons.